The number of para-hydroxylation sites is 2. The van der Waals surface area contributed by atoms with Gasteiger partial charge in [-0.3, -0.25) is 4.79 Å². The molecule has 2 heterocycles. The highest BCUT2D eigenvalue weighted by atomic mass is 79.9. The predicted molar refractivity (Wildman–Crippen MR) is 168 cm³/mol. The summed E-state index contributed by atoms with van der Waals surface area (Å²) in [7, 11) is 1.53. The van der Waals surface area contributed by atoms with E-state index in [-0.39, 0.29) is 18.0 Å². The number of hydrogen-bond donors (Lipinski definition) is 0. The molecule has 0 amide bonds. The van der Waals surface area contributed by atoms with Gasteiger partial charge in [0.1, 0.15) is 12.2 Å². The molecule has 0 radical (unpaired) electrons. The van der Waals surface area contributed by atoms with E-state index in [1.54, 1.807) is 30.3 Å². The Bertz CT molecular complexity index is 1990. The highest BCUT2D eigenvalue weighted by Crippen LogP contribution is 2.37. The van der Waals surface area contributed by atoms with Crippen LogP contribution in [-0.4, -0.2) is 23.0 Å². The number of ether oxygens (including phenoxy) is 2. The van der Waals surface area contributed by atoms with Gasteiger partial charge in [0.25, 0.3) is 5.56 Å². The molecule has 0 unspecified atom stereocenters. The van der Waals surface area contributed by atoms with Crippen molar-refractivity contribution in [2.75, 3.05) is 7.11 Å². The number of nitrogens with zero attached hydrogens (tertiary/aromatic N) is 3. The first-order valence-corrected chi connectivity index (χ1v) is 14.4. The first-order chi connectivity index (χ1) is 19.9. The molecule has 0 fully saturated rings. The highest BCUT2D eigenvalue weighted by Gasteiger charge is 2.17. The fourth-order valence-electron chi connectivity index (χ4n) is 4.35. The maximum atomic E-state index is 13.6. The van der Waals surface area contributed by atoms with Gasteiger partial charge in [0.15, 0.2) is 17.3 Å². The lowest BCUT2D eigenvalue weighted by molar-refractivity contribution is 0.284. The molecule has 6 aromatic rings. The first kappa shape index (κ1) is 27.3. The summed E-state index contributed by atoms with van der Waals surface area (Å²) in [5.41, 5.74) is 2.43. The number of benzene rings is 4. The third-order valence-corrected chi connectivity index (χ3v) is 7.87. The first-order valence-electron chi connectivity index (χ1n) is 12.4. The van der Waals surface area contributed by atoms with Crippen LogP contribution in [0.1, 0.15) is 11.1 Å². The van der Waals surface area contributed by atoms with E-state index in [2.05, 4.69) is 37.0 Å². The summed E-state index contributed by atoms with van der Waals surface area (Å²) in [6.07, 6.45) is 1.52. The van der Waals surface area contributed by atoms with Crippen molar-refractivity contribution in [1.29, 1.82) is 0 Å². The number of rotatable bonds is 7. The average Bonchev–Trinajstić information content (AvgIpc) is 3.41. The van der Waals surface area contributed by atoms with Crippen LogP contribution in [0.4, 0.5) is 0 Å². The van der Waals surface area contributed by atoms with E-state index < -0.39 is 0 Å². The minimum atomic E-state index is -0.333. The van der Waals surface area contributed by atoms with Crippen molar-refractivity contribution in [3.63, 3.8) is 0 Å². The normalized spacial score (nSPS) is 11.5. The lowest BCUT2D eigenvalue weighted by Gasteiger charge is -2.14. The zero-order valence-corrected chi connectivity index (χ0v) is 25.4. The third kappa shape index (κ3) is 5.53. The van der Waals surface area contributed by atoms with Gasteiger partial charge in [0, 0.05) is 19.9 Å². The molecule has 0 aliphatic heterocycles. The molecule has 10 heteroatoms. The summed E-state index contributed by atoms with van der Waals surface area (Å²) in [5.74, 6) is 1.52. The molecule has 6 rings (SSSR count). The van der Waals surface area contributed by atoms with Crippen LogP contribution in [0.25, 0.3) is 33.5 Å². The van der Waals surface area contributed by atoms with Gasteiger partial charge in [-0.2, -0.15) is 9.78 Å². The Morgan fingerprint density at radius 3 is 2.63 bits per heavy atom. The Kier molecular flexibility index (Phi) is 7.66. The summed E-state index contributed by atoms with van der Waals surface area (Å²) in [6, 6.07) is 25.8. The highest BCUT2D eigenvalue weighted by molar-refractivity contribution is 9.11. The molecule has 0 N–H and O–H groups in total. The topological polar surface area (TPSA) is 78.9 Å². The molecule has 204 valence electrons. The molecule has 7 nitrogen and oxygen atoms in total. The molecular weight excluding hydrogens is 674 g/mol. The SMILES string of the molecule is COc1cc(C=Nn2c(-c3cc4ccccc4o3)nc3ccccc3c2=O)cc(Cl)c1OCc1ccc(Br)cc1Br. The zero-order valence-electron chi connectivity index (χ0n) is 21.5. The maximum Gasteiger partial charge on any atom is 0.282 e. The van der Waals surface area contributed by atoms with Crippen LogP contribution in [-0.2, 0) is 6.61 Å². The van der Waals surface area contributed by atoms with Crippen LogP contribution in [0.5, 0.6) is 11.5 Å². The molecule has 0 saturated heterocycles. The van der Waals surface area contributed by atoms with Gasteiger partial charge in [0.05, 0.1) is 29.2 Å². The number of hydrogen-bond acceptors (Lipinski definition) is 6. The van der Waals surface area contributed by atoms with E-state index in [1.165, 1.54) is 18.0 Å². The van der Waals surface area contributed by atoms with Gasteiger partial charge in [-0.25, -0.2) is 4.98 Å². The van der Waals surface area contributed by atoms with Crippen LogP contribution in [0.15, 0.2) is 108 Å². The minimum Gasteiger partial charge on any atom is -0.493 e. The summed E-state index contributed by atoms with van der Waals surface area (Å²) in [6.45, 7) is 0.274. The fourth-order valence-corrected chi connectivity index (χ4v) is 5.79. The third-order valence-electron chi connectivity index (χ3n) is 6.36. The van der Waals surface area contributed by atoms with E-state index in [0.29, 0.717) is 44.3 Å². The van der Waals surface area contributed by atoms with Gasteiger partial charge in [-0.15, -0.1) is 0 Å². The molecule has 0 aliphatic rings. The van der Waals surface area contributed by atoms with Crippen LogP contribution >= 0.6 is 43.5 Å². The maximum absolute atomic E-state index is 13.6. The predicted octanol–water partition coefficient (Wildman–Crippen LogP) is 8.46. The minimum absolute atomic E-state index is 0.274. The molecule has 0 bridgehead atoms. The van der Waals surface area contributed by atoms with Gasteiger partial charge in [-0.05, 0) is 54.1 Å². The number of methoxy groups -OCH3 is 1. The Morgan fingerprint density at radius 1 is 1.02 bits per heavy atom. The van der Waals surface area contributed by atoms with Gasteiger partial charge in [-0.1, -0.05) is 79.9 Å². The van der Waals surface area contributed by atoms with Crippen molar-refractivity contribution < 1.29 is 13.9 Å². The largest absolute Gasteiger partial charge is 0.493 e. The molecule has 0 spiro atoms. The monoisotopic (exact) mass is 691 g/mol. The van der Waals surface area contributed by atoms with Crippen molar-refractivity contribution in [2.24, 2.45) is 5.10 Å². The summed E-state index contributed by atoms with van der Waals surface area (Å²) >= 11 is 13.6. The molecular formula is C31H20Br2ClN3O4. The van der Waals surface area contributed by atoms with E-state index in [0.717, 1.165) is 19.9 Å². The van der Waals surface area contributed by atoms with Crippen LogP contribution in [0, 0.1) is 0 Å². The van der Waals surface area contributed by atoms with E-state index >= 15 is 0 Å². The second-order valence-electron chi connectivity index (χ2n) is 9.02. The summed E-state index contributed by atoms with van der Waals surface area (Å²) in [4.78, 5) is 18.3. The zero-order chi connectivity index (χ0) is 28.5. The van der Waals surface area contributed by atoms with Gasteiger partial charge >= 0.3 is 0 Å². The number of aromatic nitrogens is 2. The molecule has 0 aliphatic carbocycles. The Hall–Kier alpha value is -3.92. The van der Waals surface area contributed by atoms with Crippen LogP contribution in [0.3, 0.4) is 0 Å². The van der Waals surface area contributed by atoms with Crippen LogP contribution < -0.4 is 15.0 Å². The van der Waals surface area contributed by atoms with Crippen molar-refractivity contribution in [3.05, 3.63) is 120 Å². The molecule has 4 aromatic carbocycles. The van der Waals surface area contributed by atoms with E-state index in [4.69, 9.17) is 30.5 Å². The molecule has 0 saturated carbocycles. The molecule has 2 aromatic heterocycles. The van der Waals surface area contributed by atoms with Crippen LogP contribution in [0.2, 0.25) is 5.02 Å². The van der Waals surface area contributed by atoms with Crippen molar-refractivity contribution in [2.45, 2.75) is 6.61 Å². The smallest absolute Gasteiger partial charge is 0.282 e. The Balaban J connectivity index is 1.38. The van der Waals surface area contributed by atoms with E-state index in [9.17, 15) is 4.79 Å². The number of fused-ring (bicyclic) bond motifs is 2. The quantitative estimate of drug-likeness (QED) is 0.157. The summed E-state index contributed by atoms with van der Waals surface area (Å²) in [5, 5.41) is 6.18. The Labute approximate surface area is 256 Å². The lowest BCUT2D eigenvalue weighted by Crippen LogP contribution is -2.20. The second-order valence-corrected chi connectivity index (χ2v) is 11.2. The fraction of sp³-hybridized carbons (Fsp3) is 0.0645. The number of halogens is 3. The summed E-state index contributed by atoms with van der Waals surface area (Å²) < 4.78 is 20.7. The van der Waals surface area contributed by atoms with Crippen molar-refractivity contribution >= 4 is 71.5 Å². The van der Waals surface area contributed by atoms with Crippen molar-refractivity contribution in [3.8, 4) is 23.1 Å². The molecule has 41 heavy (non-hydrogen) atoms. The van der Waals surface area contributed by atoms with Gasteiger partial charge in [0.2, 0.25) is 5.82 Å². The average molecular weight is 694 g/mol. The van der Waals surface area contributed by atoms with E-state index in [1.807, 2.05) is 54.6 Å². The lowest BCUT2D eigenvalue weighted by atomic mass is 10.2. The van der Waals surface area contributed by atoms with Gasteiger partial charge < -0.3 is 13.9 Å². The van der Waals surface area contributed by atoms with Crippen molar-refractivity contribution in [1.82, 2.24) is 9.66 Å². The second kappa shape index (κ2) is 11.5. The molecule has 0 atom stereocenters. The number of furan rings is 1. The standard InChI is InChI=1S/C31H20Br2ClN3O4/c1-39-27-13-18(12-24(34)29(27)40-17-20-10-11-21(32)15-23(20)33)16-35-37-30(28-14-19-6-2-5-9-26(19)41-28)36-25-8-4-3-7-22(25)31(37)38/h2-16H,17H2,1H3. The Morgan fingerprint density at radius 2 is 1.83 bits per heavy atom.